The van der Waals surface area contributed by atoms with Gasteiger partial charge in [0.25, 0.3) is 10.0 Å². The maximum absolute atomic E-state index is 12.5. The number of nitrogens with zero attached hydrogens (tertiary/aromatic N) is 1. The molecule has 112 valence electrons. The van der Waals surface area contributed by atoms with Gasteiger partial charge in [-0.1, -0.05) is 6.42 Å². The Morgan fingerprint density at radius 2 is 2.00 bits per heavy atom. The van der Waals surface area contributed by atoms with Gasteiger partial charge in [0.15, 0.2) is 0 Å². The van der Waals surface area contributed by atoms with Gasteiger partial charge in [-0.3, -0.25) is 0 Å². The van der Waals surface area contributed by atoms with E-state index in [4.69, 9.17) is 0 Å². The molecule has 20 heavy (non-hydrogen) atoms. The Morgan fingerprint density at radius 1 is 1.35 bits per heavy atom. The Morgan fingerprint density at radius 3 is 2.60 bits per heavy atom. The second-order valence-corrected chi connectivity index (χ2v) is 7.19. The maximum Gasteiger partial charge on any atom is 0.349 e. The van der Waals surface area contributed by atoms with Crippen molar-refractivity contribution < 1.29 is 17.9 Å². The zero-order valence-electron chi connectivity index (χ0n) is 11.5. The van der Waals surface area contributed by atoms with Gasteiger partial charge in [-0.2, -0.15) is 0 Å². The largest absolute Gasteiger partial charge is 0.465 e. The normalized spacial score (nSPS) is 17.1. The van der Waals surface area contributed by atoms with Crippen LogP contribution in [0, 0.1) is 6.92 Å². The van der Waals surface area contributed by atoms with Gasteiger partial charge in [-0.15, -0.1) is 16.2 Å². The number of hydrogen-bond acceptors (Lipinski definition) is 6. The first-order valence-corrected chi connectivity index (χ1v) is 8.76. The van der Waals surface area contributed by atoms with E-state index in [1.165, 1.54) is 7.11 Å². The topological polar surface area (TPSA) is 75.7 Å². The Kier molecular flexibility index (Phi) is 4.79. The smallest absolute Gasteiger partial charge is 0.349 e. The number of rotatable bonds is 4. The molecule has 0 spiro atoms. The fourth-order valence-corrected chi connectivity index (χ4v) is 5.03. The summed E-state index contributed by atoms with van der Waals surface area (Å²) in [4.78, 5) is 14.4. The zero-order valence-corrected chi connectivity index (χ0v) is 13.1. The number of ether oxygens (including phenoxy) is 1. The van der Waals surface area contributed by atoms with Crippen molar-refractivity contribution in [1.82, 2.24) is 9.84 Å². The molecular weight excluding hydrogens is 300 g/mol. The van der Waals surface area contributed by atoms with Crippen molar-refractivity contribution in [3.8, 4) is 0 Å². The highest BCUT2D eigenvalue weighted by Crippen LogP contribution is 2.27. The molecular formula is C12H18N2O4S2. The van der Waals surface area contributed by atoms with Gasteiger partial charge in [0, 0.05) is 13.1 Å². The van der Waals surface area contributed by atoms with Crippen LogP contribution in [0.1, 0.15) is 34.5 Å². The van der Waals surface area contributed by atoms with Crippen LogP contribution < -0.4 is 4.83 Å². The third kappa shape index (κ3) is 3.20. The van der Waals surface area contributed by atoms with Crippen LogP contribution in [-0.2, 0) is 14.8 Å². The molecule has 6 nitrogen and oxygen atoms in total. The number of nitrogens with one attached hydrogen (secondary N) is 1. The van der Waals surface area contributed by atoms with Gasteiger partial charge in [0.05, 0.1) is 7.11 Å². The van der Waals surface area contributed by atoms with Crippen molar-refractivity contribution >= 4 is 27.3 Å². The average molecular weight is 318 g/mol. The van der Waals surface area contributed by atoms with E-state index >= 15 is 0 Å². The van der Waals surface area contributed by atoms with Crippen LogP contribution in [0.25, 0.3) is 0 Å². The van der Waals surface area contributed by atoms with Gasteiger partial charge in [0.1, 0.15) is 9.77 Å². The van der Waals surface area contributed by atoms with Crippen LogP contribution >= 0.6 is 11.3 Å². The molecule has 1 aliphatic rings. The number of hydrazine groups is 1. The lowest BCUT2D eigenvalue weighted by Crippen LogP contribution is -2.45. The molecule has 8 heteroatoms. The lowest BCUT2D eigenvalue weighted by atomic mass is 10.2. The Labute approximate surface area is 122 Å². The number of aryl methyl sites for hydroxylation is 1. The molecule has 1 aliphatic heterocycles. The first kappa shape index (κ1) is 15.4. The van der Waals surface area contributed by atoms with E-state index in [1.807, 2.05) is 0 Å². The Bertz CT molecular complexity index is 589. The van der Waals surface area contributed by atoms with E-state index in [-0.39, 0.29) is 9.77 Å². The van der Waals surface area contributed by atoms with Crippen LogP contribution in [0.3, 0.4) is 0 Å². The number of hydrogen-bond donors (Lipinski definition) is 1. The molecule has 0 radical (unpaired) electrons. The minimum atomic E-state index is -3.75. The standard InChI is InChI=1S/C12H18N2O4S2/c1-9-8-19-10(12(15)18-2)11(9)20(16,17)13-14-6-4-3-5-7-14/h8,13H,3-7H2,1-2H3. The third-order valence-corrected chi connectivity index (χ3v) is 5.93. The summed E-state index contributed by atoms with van der Waals surface area (Å²) in [5.41, 5.74) is 0.555. The van der Waals surface area contributed by atoms with Crippen molar-refractivity contribution in [2.75, 3.05) is 20.2 Å². The minimum absolute atomic E-state index is 0.0277. The quantitative estimate of drug-likeness (QED) is 0.852. The van der Waals surface area contributed by atoms with E-state index in [0.29, 0.717) is 18.7 Å². The first-order chi connectivity index (χ1) is 9.45. The monoisotopic (exact) mass is 318 g/mol. The summed E-state index contributed by atoms with van der Waals surface area (Å²) in [7, 11) is -2.51. The van der Waals surface area contributed by atoms with Crippen LogP contribution in [0.4, 0.5) is 0 Å². The van der Waals surface area contributed by atoms with Gasteiger partial charge in [-0.25, -0.2) is 18.2 Å². The van der Waals surface area contributed by atoms with Crippen LogP contribution in [0.5, 0.6) is 0 Å². The summed E-state index contributed by atoms with van der Waals surface area (Å²) in [6.07, 6.45) is 3.05. The molecule has 0 saturated carbocycles. The van der Waals surface area contributed by atoms with E-state index in [2.05, 4.69) is 9.57 Å². The number of carbonyl (C=O) groups is 1. The number of carbonyl (C=O) groups excluding carboxylic acids is 1. The van der Waals surface area contributed by atoms with Gasteiger partial charge in [0.2, 0.25) is 0 Å². The molecule has 0 amide bonds. The highest BCUT2D eigenvalue weighted by atomic mass is 32.2. The fraction of sp³-hybridized carbons (Fsp3) is 0.583. The lowest BCUT2D eigenvalue weighted by Gasteiger charge is -2.26. The van der Waals surface area contributed by atoms with E-state index in [1.54, 1.807) is 17.3 Å². The van der Waals surface area contributed by atoms with Gasteiger partial charge in [-0.05, 0) is 30.7 Å². The van der Waals surface area contributed by atoms with Crippen LogP contribution in [0.15, 0.2) is 10.3 Å². The van der Waals surface area contributed by atoms with Crippen molar-refractivity contribution in [2.45, 2.75) is 31.1 Å². The molecule has 0 atom stereocenters. The molecule has 2 heterocycles. The number of sulfonamides is 1. The van der Waals surface area contributed by atoms with Gasteiger partial charge < -0.3 is 4.74 Å². The third-order valence-electron chi connectivity index (χ3n) is 3.16. The predicted molar refractivity (Wildman–Crippen MR) is 76.1 cm³/mol. The highest BCUT2D eigenvalue weighted by Gasteiger charge is 2.29. The molecule has 1 aromatic heterocycles. The molecule has 1 N–H and O–H groups in total. The average Bonchev–Trinajstić information content (AvgIpc) is 2.81. The summed E-state index contributed by atoms with van der Waals surface area (Å²) < 4.78 is 29.6. The van der Waals surface area contributed by atoms with Gasteiger partial charge >= 0.3 is 5.97 Å². The Balaban J connectivity index is 2.29. The molecule has 0 aliphatic carbocycles. The molecule has 1 saturated heterocycles. The molecule has 1 fully saturated rings. The predicted octanol–water partition coefficient (Wildman–Crippen LogP) is 1.52. The first-order valence-electron chi connectivity index (χ1n) is 6.39. The van der Waals surface area contributed by atoms with Crippen molar-refractivity contribution in [3.05, 3.63) is 15.8 Å². The number of esters is 1. The molecule has 0 bridgehead atoms. The zero-order chi connectivity index (χ0) is 14.8. The second-order valence-electron chi connectivity index (χ2n) is 4.71. The van der Waals surface area contributed by atoms with Crippen LogP contribution in [-0.4, -0.2) is 39.6 Å². The number of piperidine rings is 1. The lowest BCUT2D eigenvalue weighted by molar-refractivity contribution is 0.0602. The molecule has 0 aromatic carbocycles. The highest BCUT2D eigenvalue weighted by molar-refractivity contribution is 7.89. The summed E-state index contributed by atoms with van der Waals surface area (Å²) in [5, 5.41) is 3.34. The second kappa shape index (κ2) is 6.21. The fourth-order valence-electron chi connectivity index (χ4n) is 2.20. The summed E-state index contributed by atoms with van der Waals surface area (Å²) in [6, 6.07) is 0. The Hall–Kier alpha value is -0.960. The van der Waals surface area contributed by atoms with E-state index < -0.39 is 16.0 Å². The number of methoxy groups -OCH3 is 1. The summed E-state index contributed by atoms with van der Waals surface area (Å²) in [6.45, 7) is 3.06. The molecule has 1 aromatic rings. The van der Waals surface area contributed by atoms with Crippen molar-refractivity contribution in [3.63, 3.8) is 0 Å². The maximum atomic E-state index is 12.5. The van der Waals surface area contributed by atoms with Crippen molar-refractivity contribution in [2.24, 2.45) is 0 Å². The molecule has 2 rings (SSSR count). The van der Waals surface area contributed by atoms with Crippen LogP contribution in [0.2, 0.25) is 0 Å². The van der Waals surface area contributed by atoms with Crippen molar-refractivity contribution in [1.29, 1.82) is 0 Å². The SMILES string of the molecule is COC(=O)c1scc(C)c1S(=O)(=O)NN1CCCCC1. The van der Waals surface area contributed by atoms with E-state index in [0.717, 1.165) is 30.6 Å². The molecule has 0 unspecified atom stereocenters. The minimum Gasteiger partial charge on any atom is -0.465 e. The number of thiophene rings is 1. The summed E-state index contributed by atoms with van der Waals surface area (Å²) >= 11 is 1.09. The summed E-state index contributed by atoms with van der Waals surface area (Å²) in [5.74, 6) is -0.623. The van der Waals surface area contributed by atoms with E-state index in [9.17, 15) is 13.2 Å².